The molecule has 0 aliphatic rings. The summed E-state index contributed by atoms with van der Waals surface area (Å²) in [6, 6.07) is 17.3. The SMILES string of the molecule is Clc1ccc2oc(-c3cccnc3Sc3ccc(Br)cc3)nc2c1. The second-order valence-electron chi connectivity index (χ2n) is 5.04. The van der Waals surface area contributed by atoms with Crippen LogP contribution in [0.15, 0.2) is 79.6 Å². The molecule has 0 spiro atoms. The van der Waals surface area contributed by atoms with Crippen molar-refractivity contribution in [2.75, 3.05) is 0 Å². The molecule has 0 N–H and O–H groups in total. The van der Waals surface area contributed by atoms with Crippen molar-refractivity contribution in [1.82, 2.24) is 9.97 Å². The zero-order valence-electron chi connectivity index (χ0n) is 12.2. The van der Waals surface area contributed by atoms with E-state index in [0.717, 1.165) is 25.5 Å². The molecule has 2 aromatic carbocycles. The van der Waals surface area contributed by atoms with Crippen LogP contribution in [0.1, 0.15) is 0 Å². The Morgan fingerprint density at radius 3 is 2.71 bits per heavy atom. The highest BCUT2D eigenvalue weighted by atomic mass is 79.9. The lowest BCUT2D eigenvalue weighted by Crippen LogP contribution is -1.86. The van der Waals surface area contributed by atoms with E-state index in [1.807, 2.05) is 42.5 Å². The summed E-state index contributed by atoms with van der Waals surface area (Å²) in [5.41, 5.74) is 2.30. The highest BCUT2D eigenvalue weighted by Gasteiger charge is 2.14. The van der Waals surface area contributed by atoms with Crippen molar-refractivity contribution in [2.45, 2.75) is 9.92 Å². The molecule has 4 rings (SSSR count). The molecule has 0 aliphatic heterocycles. The lowest BCUT2D eigenvalue weighted by atomic mass is 10.3. The molecular weight excluding hydrogens is 408 g/mol. The van der Waals surface area contributed by atoms with Gasteiger partial charge in [-0.25, -0.2) is 9.97 Å². The number of rotatable bonds is 3. The van der Waals surface area contributed by atoms with Crippen LogP contribution in [0, 0.1) is 0 Å². The van der Waals surface area contributed by atoms with Gasteiger partial charge in [-0.3, -0.25) is 0 Å². The summed E-state index contributed by atoms with van der Waals surface area (Å²) in [7, 11) is 0. The van der Waals surface area contributed by atoms with E-state index in [0.29, 0.717) is 16.5 Å². The summed E-state index contributed by atoms with van der Waals surface area (Å²) in [6.07, 6.45) is 1.77. The van der Waals surface area contributed by atoms with Gasteiger partial charge in [0.2, 0.25) is 5.89 Å². The van der Waals surface area contributed by atoms with E-state index in [1.165, 1.54) is 0 Å². The molecular formula is C18H10BrClN2OS. The summed E-state index contributed by atoms with van der Waals surface area (Å²) >= 11 is 11.0. The van der Waals surface area contributed by atoms with Gasteiger partial charge in [-0.1, -0.05) is 39.3 Å². The van der Waals surface area contributed by atoms with Gasteiger partial charge in [-0.15, -0.1) is 0 Å². The fourth-order valence-electron chi connectivity index (χ4n) is 2.26. The number of benzene rings is 2. The Hall–Kier alpha value is -1.82. The number of aromatic nitrogens is 2. The Kier molecular flexibility index (Phi) is 4.31. The molecule has 118 valence electrons. The number of nitrogens with zero attached hydrogens (tertiary/aromatic N) is 2. The first-order chi connectivity index (χ1) is 11.7. The molecule has 0 bridgehead atoms. The third-order valence-electron chi connectivity index (χ3n) is 3.38. The summed E-state index contributed by atoms with van der Waals surface area (Å²) < 4.78 is 6.92. The number of hydrogen-bond donors (Lipinski definition) is 0. The molecule has 4 aromatic rings. The third kappa shape index (κ3) is 3.20. The minimum absolute atomic E-state index is 0.542. The van der Waals surface area contributed by atoms with Crippen molar-refractivity contribution in [3.63, 3.8) is 0 Å². The van der Waals surface area contributed by atoms with Crippen LogP contribution in [0.5, 0.6) is 0 Å². The first-order valence-electron chi connectivity index (χ1n) is 7.14. The predicted molar refractivity (Wildman–Crippen MR) is 101 cm³/mol. The zero-order chi connectivity index (χ0) is 16.5. The summed E-state index contributed by atoms with van der Waals surface area (Å²) in [5.74, 6) is 0.542. The maximum Gasteiger partial charge on any atom is 0.230 e. The largest absolute Gasteiger partial charge is 0.436 e. The van der Waals surface area contributed by atoms with Gasteiger partial charge in [0.1, 0.15) is 10.5 Å². The van der Waals surface area contributed by atoms with Crippen molar-refractivity contribution >= 4 is 50.4 Å². The number of hydrogen-bond acceptors (Lipinski definition) is 4. The van der Waals surface area contributed by atoms with Crippen LogP contribution < -0.4 is 0 Å². The molecule has 0 fully saturated rings. The molecule has 0 radical (unpaired) electrons. The van der Waals surface area contributed by atoms with E-state index in [2.05, 4.69) is 25.9 Å². The Morgan fingerprint density at radius 2 is 1.88 bits per heavy atom. The highest BCUT2D eigenvalue weighted by Crippen LogP contribution is 2.35. The van der Waals surface area contributed by atoms with Crippen LogP contribution in [-0.2, 0) is 0 Å². The first-order valence-corrected chi connectivity index (χ1v) is 9.13. The minimum Gasteiger partial charge on any atom is -0.436 e. The van der Waals surface area contributed by atoms with Crippen molar-refractivity contribution in [1.29, 1.82) is 0 Å². The topological polar surface area (TPSA) is 38.9 Å². The van der Waals surface area contributed by atoms with E-state index in [-0.39, 0.29) is 0 Å². The van der Waals surface area contributed by atoms with Crippen molar-refractivity contribution in [2.24, 2.45) is 0 Å². The molecule has 2 heterocycles. The van der Waals surface area contributed by atoms with E-state index in [9.17, 15) is 0 Å². The second kappa shape index (κ2) is 6.59. The summed E-state index contributed by atoms with van der Waals surface area (Å²) in [5, 5.41) is 1.48. The van der Waals surface area contributed by atoms with Crippen LogP contribution in [0.3, 0.4) is 0 Å². The van der Waals surface area contributed by atoms with Gasteiger partial charge in [-0.2, -0.15) is 0 Å². The van der Waals surface area contributed by atoms with Crippen molar-refractivity contribution in [3.05, 3.63) is 70.3 Å². The predicted octanol–water partition coefficient (Wildman–Crippen LogP) is 6.46. The molecule has 0 aliphatic carbocycles. The molecule has 0 saturated carbocycles. The van der Waals surface area contributed by atoms with Gasteiger partial charge < -0.3 is 4.42 Å². The van der Waals surface area contributed by atoms with Gasteiger partial charge >= 0.3 is 0 Å². The van der Waals surface area contributed by atoms with Crippen LogP contribution in [0.2, 0.25) is 5.02 Å². The fraction of sp³-hybridized carbons (Fsp3) is 0. The quantitative estimate of drug-likeness (QED) is 0.383. The lowest BCUT2D eigenvalue weighted by molar-refractivity contribution is 0.617. The average molecular weight is 418 g/mol. The molecule has 6 heteroatoms. The maximum atomic E-state index is 6.02. The van der Waals surface area contributed by atoms with E-state index in [4.69, 9.17) is 16.0 Å². The van der Waals surface area contributed by atoms with Crippen LogP contribution in [0.4, 0.5) is 0 Å². The van der Waals surface area contributed by atoms with E-state index >= 15 is 0 Å². The van der Waals surface area contributed by atoms with Gasteiger partial charge in [0.25, 0.3) is 0 Å². The molecule has 24 heavy (non-hydrogen) atoms. The van der Waals surface area contributed by atoms with Crippen LogP contribution in [0.25, 0.3) is 22.6 Å². The molecule has 0 atom stereocenters. The van der Waals surface area contributed by atoms with Crippen molar-refractivity contribution in [3.8, 4) is 11.5 Å². The minimum atomic E-state index is 0.542. The van der Waals surface area contributed by atoms with Crippen LogP contribution in [-0.4, -0.2) is 9.97 Å². The number of oxazole rings is 1. The molecule has 0 unspecified atom stereocenters. The van der Waals surface area contributed by atoms with Crippen LogP contribution >= 0.6 is 39.3 Å². The third-order valence-corrected chi connectivity index (χ3v) is 5.17. The number of halogens is 2. The Balaban J connectivity index is 1.75. The normalized spacial score (nSPS) is 11.1. The first kappa shape index (κ1) is 15.7. The Bertz CT molecular complexity index is 1020. The van der Waals surface area contributed by atoms with E-state index < -0.39 is 0 Å². The number of pyridine rings is 1. The molecule has 2 aromatic heterocycles. The molecule has 0 amide bonds. The highest BCUT2D eigenvalue weighted by molar-refractivity contribution is 9.10. The lowest BCUT2D eigenvalue weighted by Gasteiger charge is -2.05. The summed E-state index contributed by atoms with van der Waals surface area (Å²) in [4.78, 5) is 10.1. The standard InChI is InChI=1S/C18H10BrClN2OS/c19-11-3-6-13(7-4-11)24-18-14(2-1-9-21-18)17-22-15-10-12(20)5-8-16(15)23-17/h1-10H. The smallest absolute Gasteiger partial charge is 0.230 e. The van der Waals surface area contributed by atoms with Gasteiger partial charge in [0, 0.05) is 20.6 Å². The number of fused-ring (bicyclic) bond motifs is 1. The van der Waals surface area contributed by atoms with Crippen molar-refractivity contribution < 1.29 is 4.42 Å². The Labute approximate surface area is 156 Å². The Morgan fingerprint density at radius 1 is 1.04 bits per heavy atom. The molecule has 3 nitrogen and oxygen atoms in total. The summed E-state index contributed by atoms with van der Waals surface area (Å²) in [6.45, 7) is 0. The monoisotopic (exact) mass is 416 g/mol. The zero-order valence-corrected chi connectivity index (χ0v) is 15.4. The maximum absolute atomic E-state index is 6.02. The fourth-order valence-corrected chi connectivity index (χ4v) is 3.57. The van der Waals surface area contributed by atoms with Gasteiger partial charge in [0.05, 0.1) is 5.56 Å². The van der Waals surface area contributed by atoms with E-state index in [1.54, 1.807) is 30.1 Å². The second-order valence-corrected chi connectivity index (χ2v) is 7.46. The average Bonchev–Trinajstić information content (AvgIpc) is 3.00. The van der Waals surface area contributed by atoms with Gasteiger partial charge in [-0.05, 0) is 54.6 Å². The molecule has 0 saturated heterocycles. The van der Waals surface area contributed by atoms with Gasteiger partial charge in [0.15, 0.2) is 5.58 Å².